The fourth-order valence-corrected chi connectivity index (χ4v) is 4.35. The molecule has 4 N–H and O–H groups in total. The molecule has 4 rings (SSSR count). The number of alkyl halides is 2. The Bertz CT molecular complexity index is 844. The van der Waals surface area contributed by atoms with Crippen molar-refractivity contribution in [3.05, 3.63) is 34.9 Å². The molecule has 3 atom stereocenters. The van der Waals surface area contributed by atoms with Crippen LogP contribution in [0, 0.1) is 0 Å². The van der Waals surface area contributed by atoms with E-state index in [1.165, 1.54) is 4.90 Å². The molecular weight excluding hydrogens is 370 g/mol. The maximum atomic E-state index is 13.5. The Morgan fingerprint density at radius 1 is 1.25 bits per heavy atom. The molecule has 0 aromatic heterocycles. The van der Waals surface area contributed by atoms with Crippen LogP contribution in [0.5, 0.6) is 0 Å². The number of hydrogen-bond acceptors (Lipinski definition) is 5. The molecule has 1 aliphatic carbocycles. The van der Waals surface area contributed by atoms with Crippen molar-refractivity contribution >= 4 is 17.7 Å². The fraction of sp³-hybridized carbons (Fsp3) is 0.526. The molecule has 2 aliphatic heterocycles. The highest BCUT2D eigenvalue weighted by atomic mass is 19.3. The zero-order chi connectivity index (χ0) is 20.1. The van der Waals surface area contributed by atoms with E-state index in [1.807, 2.05) is 6.07 Å². The zero-order valence-corrected chi connectivity index (χ0v) is 15.2. The van der Waals surface area contributed by atoms with Crippen molar-refractivity contribution < 1.29 is 23.2 Å². The Morgan fingerprint density at radius 3 is 2.71 bits per heavy atom. The third kappa shape index (κ3) is 3.40. The zero-order valence-electron chi connectivity index (χ0n) is 15.2. The SMILES string of the molecule is N[C@@H]1CC(F)(F)C[C@H]1NCc1cccc2c1C(=O)N(C1CCC(=O)NC1=O)C2. The second kappa shape index (κ2) is 6.89. The van der Waals surface area contributed by atoms with E-state index in [-0.39, 0.29) is 44.2 Å². The Kier molecular flexibility index (Phi) is 4.67. The minimum absolute atomic E-state index is 0.193. The van der Waals surface area contributed by atoms with E-state index in [2.05, 4.69) is 10.6 Å². The lowest BCUT2D eigenvalue weighted by Gasteiger charge is -2.29. The van der Waals surface area contributed by atoms with Crippen LogP contribution >= 0.6 is 0 Å². The minimum Gasteiger partial charge on any atom is -0.326 e. The molecule has 1 aromatic rings. The number of imide groups is 1. The van der Waals surface area contributed by atoms with Crippen molar-refractivity contribution in [2.75, 3.05) is 0 Å². The molecule has 28 heavy (non-hydrogen) atoms. The number of piperidine rings is 1. The second-order valence-electron chi connectivity index (χ2n) is 7.77. The van der Waals surface area contributed by atoms with Gasteiger partial charge in [-0.05, 0) is 17.5 Å². The summed E-state index contributed by atoms with van der Waals surface area (Å²) in [7, 11) is 0. The number of rotatable bonds is 4. The Balaban J connectivity index is 1.49. The summed E-state index contributed by atoms with van der Waals surface area (Å²) in [4.78, 5) is 38.0. The molecule has 9 heteroatoms. The molecule has 1 unspecified atom stereocenters. The first-order valence-electron chi connectivity index (χ1n) is 9.37. The van der Waals surface area contributed by atoms with Gasteiger partial charge in [-0.15, -0.1) is 0 Å². The topological polar surface area (TPSA) is 105 Å². The van der Waals surface area contributed by atoms with Gasteiger partial charge in [-0.1, -0.05) is 18.2 Å². The van der Waals surface area contributed by atoms with Gasteiger partial charge < -0.3 is 16.0 Å². The van der Waals surface area contributed by atoms with E-state index in [1.54, 1.807) is 12.1 Å². The molecule has 0 spiro atoms. The molecule has 150 valence electrons. The lowest BCUT2D eigenvalue weighted by molar-refractivity contribution is -0.136. The van der Waals surface area contributed by atoms with Gasteiger partial charge in [-0.3, -0.25) is 19.7 Å². The Hall–Kier alpha value is -2.39. The van der Waals surface area contributed by atoms with Crippen molar-refractivity contribution in [2.24, 2.45) is 5.73 Å². The second-order valence-corrected chi connectivity index (χ2v) is 7.77. The van der Waals surface area contributed by atoms with E-state index < -0.39 is 30.0 Å². The molecule has 7 nitrogen and oxygen atoms in total. The number of nitrogens with two attached hydrogens (primary N) is 1. The molecule has 0 bridgehead atoms. The van der Waals surface area contributed by atoms with Gasteiger partial charge in [0.05, 0.1) is 0 Å². The van der Waals surface area contributed by atoms with Gasteiger partial charge in [0.25, 0.3) is 11.8 Å². The van der Waals surface area contributed by atoms with Crippen LogP contribution in [-0.2, 0) is 22.7 Å². The third-order valence-electron chi connectivity index (χ3n) is 5.76. The first-order chi connectivity index (χ1) is 13.2. The molecule has 1 saturated heterocycles. The molecule has 2 heterocycles. The van der Waals surface area contributed by atoms with Gasteiger partial charge in [0.2, 0.25) is 11.8 Å². The number of nitrogens with one attached hydrogen (secondary N) is 2. The van der Waals surface area contributed by atoms with Gasteiger partial charge in [0.15, 0.2) is 0 Å². The molecular formula is C19H22F2N4O3. The van der Waals surface area contributed by atoms with E-state index in [4.69, 9.17) is 5.73 Å². The molecule has 1 aromatic carbocycles. The summed E-state index contributed by atoms with van der Waals surface area (Å²) in [6, 6.07) is 3.56. The predicted octanol–water partition coefficient (Wildman–Crippen LogP) is 0.662. The van der Waals surface area contributed by atoms with Gasteiger partial charge in [-0.2, -0.15) is 0 Å². The number of nitrogens with zero attached hydrogens (tertiary/aromatic N) is 1. The summed E-state index contributed by atoms with van der Waals surface area (Å²) < 4.78 is 27.1. The monoisotopic (exact) mass is 392 g/mol. The van der Waals surface area contributed by atoms with Crippen molar-refractivity contribution in [1.29, 1.82) is 0 Å². The van der Waals surface area contributed by atoms with E-state index in [0.29, 0.717) is 17.5 Å². The van der Waals surface area contributed by atoms with Gasteiger partial charge >= 0.3 is 0 Å². The maximum Gasteiger partial charge on any atom is 0.255 e. The van der Waals surface area contributed by atoms with Crippen LogP contribution in [0.25, 0.3) is 0 Å². The summed E-state index contributed by atoms with van der Waals surface area (Å²) in [5, 5.41) is 5.34. The molecule has 1 saturated carbocycles. The number of hydrogen-bond donors (Lipinski definition) is 3. The van der Waals surface area contributed by atoms with E-state index >= 15 is 0 Å². The molecule has 3 aliphatic rings. The van der Waals surface area contributed by atoms with Crippen LogP contribution in [0.3, 0.4) is 0 Å². The van der Waals surface area contributed by atoms with Gasteiger partial charge in [0, 0.05) is 50.0 Å². The summed E-state index contributed by atoms with van der Waals surface area (Å²) in [6.07, 6.45) is -0.179. The summed E-state index contributed by atoms with van der Waals surface area (Å²) in [5.74, 6) is -3.84. The third-order valence-corrected chi connectivity index (χ3v) is 5.76. The lowest BCUT2D eigenvalue weighted by Crippen LogP contribution is -2.52. The largest absolute Gasteiger partial charge is 0.326 e. The van der Waals surface area contributed by atoms with Crippen LogP contribution in [0.2, 0.25) is 0 Å². The number of amides is 3. The highest BCUT2D eigenvalue weighted by Crippen LogP contribution is 2.35. The number of carbonyl (C=O) groups is 3. The summed E-state index contributed by atoms with van der Waals surface area (Å²) in [6.45, 7) is 0.530. The lowest BCUT2D eigenvalue weighted by atomic mass is 10.0. The average Bonchev–Trinajstić information content (AvgIpc) is 3.09. The van der Waals surface area contributed by atoms with Crippen LogP contribution in [-0.4, -0.2) is 46.7 Å². The van der Waals surface area contributed by atoms with Gasteiger partial charge in [-0.25, -0.2) is 8.78 Å². The smallest absolute Gasteiger partial charge is 0.255 e. The quantitative estimate of drug-likeness (QED) is 0.653. The molecule has 2 fully saturated rings. The van der Waals surface area contributed by atoms with Crippen molar-refractivity contribution in [3.63, 3.8) is 0 Å². The van der Waals surface area contributed by atoms with Gasteiger partial charge in [0.1, 0.15) is 6.04 Å². The standard InChI is InChI=1S/C19H22F2N4O3/c20-19(21)6-12(22)13(7-19)23-8-10-2-1-3-11-9-25(18(28)16(10)11)14-4-5-15(26)24-17(14)27/h1-3,12-14,23H,4-9,22H2,(H,24,26,27)/t12-,13-,14?/m1/s1. The Morgan fingerprint density at radius 2 is 2.04 bits per heavy atom. The van der Waals surface area contributed by atoms with Crippen LogP contribution < -0.4 is 16.4 Å². The van der Waals surface area contributed by atoms with Crippen LogP contribution in [0.4, 0.5) is 8.78 Å². The highest BCUT2D eigenvalue weighted by Gasteiger charge is 2.45. The van der Waals surface area contributed by atoms with Crippen LogP contribution in [0.1, 0.15) is 47.2 Å². The van der Waals surface area contributed by atoms with Crippen LogP contribution in [0.15, 0.2) is 18.2 Å². The Labute approximate surface area is 160 Å². The summed E-state index contributed by atoms with van der Waals surface area (Å²) >= 11 is 0. The van der Waals surface area contributed by atoms with E-state index in [9.17, 15) is 23.2 Å². The average molecular weight is 392 g/mol. The highest BCUT2D eigenvalue weighted by molar-refractivity contribution is 6.05. The van der Waals surface area contributed by atoms with Crippen molar-refractivity contribution in [1.82, 2.24) is 15.5 Å². The normalized spacial score (nSPS) is 29.2. The fourth-order valence-electron chi connectivity index (χ4n) is 4.35. The number of carbonyl (C=O) groups excluding carboxylic acids is 3. The number of benzene rings is 1. The predicted molar refractivity (Wildman–Crippen MR) is 95.3 cm³/mol. The molecule has 3 amide bonds. The first-order valence-corrected chi connectivity index (χ1v) is 9.37. The van der Waals surface area contributed by atoms with Crippen molar-refractivity contribution in [2.45, 2.75) is 62.8 Å². The molecule has 0 radical (unpaired) electrons. The summed E-state index contributed by atoms with van der Waals surface area (Å²) in [5.41, 5.74) is 7.79. The maximum absolute atomic E-state index is 13.5. The van der Waals surface area contributed by atoms with E-state index in [0.717, 1.165) is 5.56 Å². The first kappa shape index (κ1) is 18.9. The van der Waals surface area contributed by atoms with Crippen molar-refractivity contribution in [3.8, 4) is 0 Å². The number of fused-ring (bicyclic) bond motifs is 1. The minimum atomic E-state index is -2.77. The number of halogens is 2.